The van der Waals surface area contributed by atoms with Gasteiger partial charge in [0.1, 0.15) is 5.60 Å². The summed E-state index contributed by atoms with van der Waals surface area (Å²) < 4.78 is 45.1. The largest absolute Gasteiger partial charge is 0.444 e. The van der Waals surface area contributed by atoms with Gasteiger partial charge in [0, 0.05) is 16.7 Å². The zero-order chi connectivity index (χ0) is 28.6. The Morgan fingerprint density at radius 1 is 1.00 bits per heavy atom. The molecule has 0 radical (unpaired) electrons. The normalized spacial score (nSPS) is 17.7. The second kappa shape index (κ2) is 13.2. The fourth-order valence-corrected chi connectivity index (χ4v) is 5.42. The van der Waals surface area contributed by atoms with E-state index in [0.717, 1.165) is 48.5 Å². The van der Waals surface area contributed by atoms with Gasteiger partial charge in [0.25, 0.3) is 5.91 Å². The second-order valence-corrected chi connectivity index (χ2v) is 11.5. The Bertz CT molecular complexity index is 1150. The maximum Gasteiger partial charge on any atom is 0.416 e. The molecule has 3 N–H and O–H groups in total. The molecule has 3 amide bonds. The van der Waals surface area contributed by atoms with Crippen molar-refractivity contribution < 1.29 is 32.3 Å². The maximum absolute atomic E-state index is 13.3. The summed E-state index contributed by atoms with van der Waals surface area (Å²) in [5, 5.41) is 7.69. The van der Waals surface area contributed by atoms with Crippen molar-refractivity contribution in [2.75, 3.05) is 17.6 Å². The molecular weight excluding hydrogens is 531 g/mol. The molecule has 0 spiro atoms. The van der Waals surface area contributed by atoms with Crippen molar-refractivity contribution in [3.8, 4) is 0 Å². The number of hydrogen-bond donors (Lipinski definition) is 3. The first-order chi connectivity index (χ1) is 18.3. The van der Waals surface area contributed by atoms with Crippen molar-refractivity contribution in [1.82, 2.24) is 10.6 Å². The maximum atomic E-state index is 13.3. The highest BCUT2D eigenvalue weighted by Crippen LogP contribution is 2.32. The molecule has 0 bridgehead atoms. The van der Waals surface area contributed by atoms with Crippen LogP contribution in [0.25, 0.3) is 0 Å². The van der Waals surface area contributed by atoms with Gasteiger partial charge < -0.3 is 15.4 Å². The number of nitrogens with one attached hydrogen (secondary N) is 3. The first-order valence-corrected chi connectivity index (χ1v) is 13.8. The summed E-state index contributed by atoms with van der Waals surface area (Å²) in [5.41, 5.74) is -2.51. The van der Waals surface area contributed by atoms with Crippen LogP contribution in [0, 0.1) is 5.92 Å². The molecule has 11 heteroatoms. The average Bonchev–Trinajstić information content (AvgIpc) is 2.86. The van der Waals surface area contributed by atoms with Crippen LogP contribution in [0.15, 0.2) is 53.4 Å². The number of hydrogen-bond acceptors (Lipinski definition) is 5. The predicted octanol–water partition coefficient (Wildman–Crippen LogP) is 6.25. The van der Waals surface area contributed by atoms with E-state index in [1.165, 1.54) is 0 Å². The lowest BCUT2D eigenvalue weighted by atomic mass is 9.86. The molecule has 0 saturated heterocycles. The Morgan fingerprint density at radius 2 is 1.69 bits per heavy atom. The lowest BCUT2D eigenvalue weighted by molar-refractivity contribution is -0.137. The quantitative estimate of drug-likeness (QED) is 0.329. The monoisotopic (exact) mass is 565 g/mol. The molecule has 7 nitrogen and oxygen atoms in total. The Balaban J connectivity index is 1.63. The predicted molar refractivity (Wildman–Crippen MR) is 145 cm³/mol. The minimum absolute atomic E-state index is 0.0580. The molecule has 0 unspecified atom stereocenters. The van der Waals surface area contributed by atoms with E-state index in [-0.39, 0.29) is 17.6 Å². The highest BCUT2D eigenvalue weighted by atomic mass is 32.2. The molecule has 3 rings (SSSR count). The molecule has 212 valence electrons. The van der Waals surface area contributed by atoms with Gasteiger partial charge in [-0.3, -0.25) is 14.9 Å². The van der Waals surface area contributed by atoms with Crippen LogP contribution in [0.2, 0.25) is 0 Å². The van der Waals surface area contributed by atoms with E-state index < -0.39 is 47.4 Å². The van der Waals surface area contributed by atoms with Crippen LogP contribution < -0.4 is 16.0 Å². The first kappa shape index (κ1) is 30.3. The van der Waals surface area contributed by atoms with Gasteiger partial charge in [-0.1, -0.05) is 31.0 Å². The fourth-order valence-electron chi connectivity index (χ4n) is 4.26. The summed E-state index contributed by atoms with van der Waals surface area (Å²) in [4.78, 5) is 38.9. The standard InChI is InChI=1S/C28H34F3N3O4S/c1-27(2,3)38-26(37)34-23-14-13-19(28(29,30)31)15-21(23)25(36)32-16-24(35)33-22-12-8-7-9-18(22)17-39-20-10-5-4-6-11-20/h4-6,10-11,13-15,18,22H,7-9,12,16-17H2,1-3H3,(H,32,36)(H,33,35)(H,34,37)/t18-,22-/m0/s1. The first-order valence-electron chi connectivity index (χ1n) is 12.8. The number of halogens is 3. The molecule has 2 aromatic rings. The van der Waals surface area contributed by atoms with E-state index >= 15 is 0 Å². The summed E-state index contributed by atoms with van der Waals surface area (Å²) in [7, 11) is 0. The molecular formula is C28H34F3N3O4S. The van der Waals surface area contributed by atoms with Gasteiger partial charge in [0.05, 0.1) is 23.4 Å². The van der Waals surface area contributed by atoms with Gasteiger partial charge in [-0.05, 0) is 69.9 Å². The molecule has 0 aromatic heterocycles. The third-order valence-electron chi connectivity index (χ3n) is 6.10. The van der Waals surface area contributed by atoms with E-state index in [0.29, 0.717) is 6.07 Å². The number of amides is 3. The van der Waals surface area contributed by atoms with Gasteiger partial charge in [0.2, 0.25) is 5.91 Å². The van der Waals surface area contributed by atoms with E-state index in [9.17, 15) is 27.6 Å². The SMILES string of the molecule is CC(C)(C)OC(=O)Nc1ccc(C(F)(F)F)cc1C(=O)NCC(=O)N[C@H]1CCCC[C@H]1CSc1ccccc1. The number of anilines is 1. The Hall–Kier alpha value is -3.21. The molecule has 0 heterocycles. The zero-order valence-corrected chi connectivity index (χ0v) is 23.0. The summed E-state index contributed by atoms with van der Waals surface area (Å²) in [6.45, 7) is 4.46. The number of rotatable bonds is 8. The van der Waals surface area contributed by atoms with Gasteiger partial charge in [0.15, 0.2) is 0 Å². The number of benzene rings is 2. The van der Waals surface area contributed by atoms with Gasteiger partial charge in [-0.15, -0.1) is 11.8 Å². The highest BCUT2D eigenvalue weighted by Gasteiger charge is 2.32. The molecule has 2 aromatic carbocycles. The van der Waals surface area contributed by atoms with Crippen molar-refractivity contribution in [3.05, 3.63) is 59.7 Å². The highest BCUT2D eigenvalue weighted by molar-refractivity contribution is 7.99. The van der Waals surface area contributed by atoms with E-state index in [4.69, 9.17) is 4.74 Å². The van der Waals surface area contributed by atoms with Crippen molar-refractivity contribution in [2.45, 2.75) is 69.2 Å². The summed E-state index contributed by atoms with van der Waals surface area (Å²) in [6.07, 6.45) is -1.78. The van der Waals surface area contributed by atoms with Crippen LogP contribution in [0.1, 0.15) is 62.4 Å². The number of thioether (sulfide) groups is 1. The minimum Gasteiger partial charge on any atom is -0.444 e. The van der Waals surface area contributed by atoms with Crippen LogP contribution in [0.5, 0.6) is 0 Å². The molecule has 0 aliphatic heterocycles. The number of alkyl halides is 3. The average molecular weight is 566 g/mol. The summed E-state index contributed by atoms with van der Waals surface area (Å²) in [6, 6.07) is 12.3. The van der Waals surface area contributed by atoms with Crippen LogP contribution >= 0.6 is 11.8 Å². The molecule has 1 fully saturated rings. The fraction of sp³-hybridized carbons (Fsp3) is 0.464. The number of carbonyl (C=O) groups excluding carboxylic acids is 3. The molecule has 39 heavy (non-hydrogen) atoms. The van der Waals surface area contributed by atoms with E-state index in [2.05, 4.69) is 16.0 Å². The lowest BCUT2D eigenvalue weighted by Crippen LogP contribution is -2.47. The third kappa shape index (κ3) is 9.80. The Kier molecular flexibility index (Phi) is 10.3. The van der Waals surface area contributed by atoms with E-state index in [1.807, 2.05) is 30.3 Å². The van der Waals surface area contributed by atoms with Crippen LogP contribution in [0.3, 0.4) is 0 Å². The number of ether oxygens (including phenoxy) is 1. The second-order valence-electron chi connectivity index (χ2n) is 10.4. The summed E-state index contributed by atoms with van der Waals surface area (Å²) in [5.74, 6) is -0.261. The minimum atomic E-state index is -4.70. The third-order valence-corrected chi connectivity index (χ3v) is 7.30. The van der Waals surface area contributed by atoms with E-state index in [1.54, 1.807) is 32.5 Å². The van der Waals surface area contributed by atoms with Crippen molar-refractivity contribution in [1.29, 1.82) is 0 Å². The lowest BCUT2D eigenvalue weighted by Gasteiger charge is -2.32. The topological polar surface area (TPSA) is 96.5 Å². The van der Waals surface area contributed by atoms with Crippen LogP contribution in [-0.2, 0) is 15.7 Å². The Labute approximate surface area is 230 Å². The molecule has 2 atom stereocenters. The molecule has 1 saturated carbocycles. The summed E-state index contributed by atoms with van der Waals surface area (Å²) >= 11 is 1.73. The van der Waals surface area contributed by atoms with Crippen molar-refractivity contribution in [3.63, 3.8) is 0 Å². The number of carbonyl (C=O) groups is 3. The smallest absolute Gasteiger partial charge is 0.416 e. The van der Waals surface area contributed by atoms with Gasteiger partial charge in [-0.2, -0.15) is 13.2 Å². The van der Waals surface area contributed by atoms with Gasteiger partial charge >= 0.3 is 12.3 Å². The van der Waals surface area contributed by atoms with Crippen LogP contribution in [-0.4, -0.2) is 41.8 Å². The van der Waals surface area contributed by atoms with Crippen LogP contribution in [0.4, 0.5) is 23.7 Å². The molecule has 1 aliphatic rings. The van der Waals surface area contributed by atoms with Crippen molar-refractivity contribution in [2.24, 2.45) is 5.92 Å². The van der Waals surface area contributed by atoms with Gasteiger partial charge in [-0.25, -0.2) is 4.79 Å². The zero-order valence-electron chi connectivity index (χ0n) is 22.2. The van der Waals surface area contributed by atoms with Crippen molar-refractivity contribution >= 4 is 35.4 Å². The Morgan fingerprint density at radius 3 is 2.36 bits per heavy atom. The molecule has 1 aliphatic carbocycles.